The van der Waals surface area contributed by atoms with Crippen LogP contribution in [0, 0.1) is 18.3 Å². The van der Waals surface area contributed by atoms with Crippen LogP contribution in [0.4, 0.5) is 0 Å². The van der Waals surface area contributed by atoms with E-state index in [1.807, 2.05) is 11.7 Å². The van der Waals surface area contributed by atoms with Crippen molar-refractivity contribution in [2.24, 2.45) is 5.92 Å². The summed E-state index contributed by atoms with van der Waals surface area (Å²) in [7, 11) is 1.85. The van der Waals surface area contributed by atoms with Gasteiger partial charge >= 0.3 is 0 Å². The van der Waals surface area contributed by atoms with Crippen LogP contribution in [0.1, 0.15) is 6.42 Å². The Morgan fingerprint density at radius 3 is 2.91 bits per heavy atom. The Morgan fingerprint density at radius 1 is 1.82 bits per heavy atom. The van der Waals surface area contributed by atoms with Crippen molar-refractivity contribution < 1.29 is 4.89 Å². The van der Waals surface area contributed by atoms with E-state index in [-0.39, 0.29) is 5.92 Å². The zero-order chi connectivity index (χ0) is 8.48. The molecule has 0 aromatic carbocycles. The molecule has 2 atom stereocenters. The Hall–Kier alpha value is 0.130. The smallest absolute Gasteiger partial charge is 0.129 e. The maximum absolute atomic E-state index is 9.64. The third-order valence-electron chi connectivity index (χ3n) is 2.02. The molecule has 1 fully saturated rings. The predicted molar refractivity (Wildman–Crippen MR) is 50.9 cm³/mol. The molecule has 0 radical (unpaired) electrons. The van der Waals surface area contributed by atoms with Crippen molar-refractivity contribution in [1.82, 2.24) is 4.67 Å². The molecule has 11 heavy (non-hydrogen) atoms. The lowest BCUT2D eigenvalue weighted by Crippen LogP contribution is -2.29. The second-order valence-corrected chi connectivity index (χ2v) is 7.09. The van der Waals surface area contributed by atoms with Crippen molar-refractivity contribution >= 4 is 18.2 Å². The number of nitrogens with zero attached hydrogens (tertiary/aromatic N) is 1. The molecule has 62 valence electrons. The molecule has 0 aliphatic carbocycles. The Labute approximate surface area is 72.7 Å². The number of terminal acetylenes is 1. The lowest BCUT2D eigenvalue weighted by molar-refractivity contribution is 0.387. The average molecular weight is 189 g/mol. The van der Waals surface area contributed by atoms with Gasteiger partial charge in [0.05, 0.1) is 0 Å². The molecule has 2 nitrogen and oxygen atoms in total. The summed E-state index contributed by atoms with van der Waals surface area (Å²) in [6.45, 7) is 0.754. The van der Waals surface area contributed by atoms with Crippen molar-refractivity contribution in [3.8, 4) is 12.3 Å². The zero-order valence-electron chi connectivity index (χ0n) is 6.53. The molecular weight excluding hydrogens is 177 g/mol. The molecule has 0 saturated carbocycles. The largest absolute Gasteiger partial charge is 0.354 e. The van der Waals surface area contributed by atoms with Crippen molar-refractivity contribution in [2.75, 3.05) is 19.8 Å². The minimum Gasteiger partial charge on any atom is -0.354 e. The van der Waals surface area contributed by atoms with E-state index in [1.54, 1.807) is 0 Å². The van der Waals surface area contributed by atoms with Crippen LogP contribution in [0.25, 0.3) is 0 Å². The summed E-state index contributed by atoms with van der Waals surface area (Å²) in [5.41, 5.74) is 0. The molecule has 2 unspecified atom stereocenters. The average Bonchev–Trinajstić information content (AvgIpc) is 1.95. The van der Waals surface area contributed by atoms with Crippen molar-refractivity contribution in [2.45, 2.75) is 6.42 Å². The van der Waals surface area contributed by atoms with Crippen LogP contribution < -0.4 is 0 Å². The van der Waals surface area contributed by atoms with E-state index >= 15 is 0 Å². The molecule has 0 amide bonds. The summed E-state index contributed by atoms with van der Waals surface area (Å²) in [6.07, 6.45) is 4.70. The van der Waals surface area contributed by atoms with E-state index in [4.69, 9.17) is 18.2 Å². The molecule has 1 saturated heterocycles. The maximum atomic E-state index is 9.64. The first-order chi connectivity index (χ1) is 5.06. The van der Waals surface area contributed by atoms with Gasteiger partial charge < -0.3 is 4.89 Å². The highest BCUT2D eigenvalue weighted by Crippen LogP contribution is 2.48. The molecule has 1 heterocycles. The number of rotatable bonds is 0. The fraction of sp³-hybridized carbons (Fsp3) is 0.714. The SMILES string of the molecule is C#CC1CCP(O)(=S)N(C)C1. The number of hydrogen-bond acceptors (Lipinski definition) is 1. The van der Waals surface area contributed by atoms with Crippen molar-refractivity contribution in [1.29, 1.82) is 0 Å². The van der Waals surface area contributed by atoms with Crippen LogP contribution in [0.15, 0.2) is 0 Å². The van der Waals surface area contributed by atoms with E-state index in [0.717, 1.165) is 13.0 Å². The lowest BCUT2D eigenvalue weighted by atomic mass is 10.1. The molecular formula is C7H12NOPS. The van der Waals surface area contributed by atoms with Gasteiger partial charge in [0.2, 0.25) is 0 Å². The lowest BCUT2D eigenvalue weighted by Gasteiger charge is -2.34. The van der Waals surface area contributed by atoms with Gasteiger partial charge in [-0.3, -0.25) is 4.67 Å². The van der Waals surface area contributed by atoms with E-state index in [1.165, 1.54) is 0 Å². The van der Waals surface area contributed by atoms with Crippen LogP contribution in [-0.4, -0.2) is 29.3 Å². The Balaban J connectivity index is 2.64. The van der Waals surface area contributed by atoms with Crippen LogP contribution in [0.2, 0.25) is 0 Å². The zero-order valence-corrected chi connectivity index (χ0v) is 8.24. The Kier molecular flexibility index (Phi) is 2.72. The first kappa shape index (κ1) is 9.22. The monoisotopic (exact) mass is 189 g/mol. The van der Waals surface area contributed by atoms with Gasteiger partial charge in [-0.15, -0.1) is 12.3 Å². The van der Waals surface area contributed by atoms with E-state index < -0.39 is 6.42 Å². The van der Waals surface area contributed by atoms with Gasteiger partial charge in [-0.05, 0) is 13.5 Å². The fourth-order valence-corrected chi connectivity index (χ4v) is 3.13. The molecule has 4 heteroatoms. The standard InChI is InChI=1S/C7H12NOPS/c1-3-7-4-5-10(9,11)8(2)6-7/h1,7H,4-6H2,2H3,(H,9,11). The van der Waals surface area contributed by atoms with Gasteiger partial charge in [-0.2, -0.15) is 0 Å². The maximum Gasteiger partial charge on any atom is 0.129 e. The normalized spacial score (nSPS) is 39.9. The van der Waals surface area contributed by atoms with E-state index in [2.05, 4.69) is 5.92 Å². The Morgan fingerprint density at radius 2 is 2.45 bits per heavy atom. The first-order valence-electron chi connectivity index (χ1n) is 3.56. The molecule has 1 rings (SSSR count). The van der Waals surface area contributed by atoms with E-state index in [0.29, 0.717) is 6.16 Å². The Bertz CT molecular complexity index is 235. The fourth-order valence-electron chi connectivity index (χ4n) is 1.17. The molecule has 1 aliphatic rings. The van der Waals surface area contributed by atoms with Crippen molar-refractivity contribution in [3.05, 3.63) is 0 Å². The van der Waals surface area contributed by atoms with Gasteiger partial charge in [0, 0.05) is 18.6 Å². The summed E-state index contributed by atoms with van der Waals surface area (Å²) in [4.78, 5) is 9.64. The minimum atomic E-state index is -2.16. The molecule has 1 aliphatic heterocycles. The summed E-state index contributed by atoms with van der Waals surface area (Å²) in [5.74, 6) is 2.97. The van der Waals surface area contributed by atoms with Crippen LogP contribution in [0.3, 0.4) is 0 Å². The summed E-state index contributed by atoms with van der Waals surface area (Å²) >= 11 is 5.04. The molecule has 0 spiro atoms. The van der Waals surface area contributed by atoms with Gasteiger partial charge in [0.15, 0.2) is 0 Å². The van der Waals surface area contributed by atoms with Gasteiger partial charge in [0.1, 0.15) is 6.42 Å². The first-order valence-corrected chi connectivity index (χ1v) is 6.45. The third kappa shape index (κ3) is 2.04. The van der Waals surface area contributed by atoms with Gasteiger partial charge in [0.25, 0.3) is 0 Å². The van der Waals surface area contributed by atoms with Gasteiger partial charge in [-0.25, -0.2) is 0 Å². The molecule has 0 aromatic rings. The summed E-state index contributed by atoms with van der Waals surface area (Å²) in [6, 6.07) is 0. The van der Waals surface area contributed by atoms with Crippen LogP contribution in [-0.2, 0) is 11.8 Å². The molecule has 0 bridgehead atoms. The van der Waals surface area contributed by atoms with E-state index in [9.17, 15) is 4.89 Å². The van der Waals surface area contributed by atoms with Gasteiger partial charge in [-0.1, -0.05) is 11.8 Å². The quantitative estimate of drug-likeness (QED) is 0.452. The third-order valence-corrected chi connectivity index (χ3v) is 5.48. The molecule has 0 aromatic heterocycles. The minimum absolute atomic E-state index is 0.281. The predicted octanol–water partition coefficient (Wildman–Crippen LogP) is 0.873. The molecule has 1 N–H and O–H groups in total. The second-order valence-electron chi connectivity index (χ2n) is 2.88. The highest BCUT2D eigenvalue weighted by atomic mass is 32.4. The van der Waals surface area contributed by atoms with Crippen molar-refractivity contribution in [3.63, 3.8) is 0 Å². The highest BCUT2D eigenvalue weighted by Gasteiger charge is 2.27. The number of hydrogen-bond donors (Lipinski definition) is 1. The highest BCUT2D eigenvalue weighted by molar-refractivity contribution is 8.10. The topological polar surface area (TPSA) is 23.5 Å². The summed E-state index contributed by atoms with van der Waals surface area (Å²) < 4.78 is 1.84. The second kappa shape index (κ2) is 3.25. The summed E-state index contributed by atoms with van der Waals surface area (Å²) in [5, 5.41) is 0. The van der Waals surface area contributed by atoms with Crippen LogP contribution in [0.5, 0.6) is 0 Å². The van der Waals surface area contributed by atoms with Crippen LogP contribution >= 0.6 is 6.42 Å².